The number of Topliss-reactive ketones (excluding diaryl/α,β-unsaturated/α-hetero) is 1. The first-order valence-corrected chi connectivity index (χ1v) is 6.82. The Morgan fingerprint density at radius 3 is 2.68 bits per heavy atom. The minimum atomic E-state index is -0.850. The molecule has 1 rings (SSSR count). The van der Waals surface area contributed by atoms with Crippen LogP contribution in [0.15, 0.2) is 24.3 Å². The second-order valence-corrected chi connectivity index (χ2v) is 4.77. The van der Waals surface area contributed by atoms with Crippen LogP contribution in [0.5, 0.6) is 0 Å². The highest BCUT2D eigenvalue weighted by molar-refractivity contribution is 5.90. The van der Waals surface area contributed by atoms with Crippen molar-refractivity contribution in [3.63, 3.8) is 0 Å². The molecule has 2 nitrogen and oxygen atoms in total. The van der Waals surface area contributed by atoms with E-state index in [1.54, 1.807) is 6.07 Å². The third kappa shape index (κ3) is 4.17. The summed E-state index contributed by atoms with van der Waals surface area (Å²) in [5.41, 5.74) is 0.461. The Balaban J connectivity index is 2.90. The zero-order valence-electron chi connectivity index (χ0n) is 11.5. The average molecular weight is 261 g/mol. The molecule has 1 aromatic carbocycles. The molecule has 0 N–H and O–H groups in total. The van der Waals surface area contributed by atoms with Gasteiger partial charge in [0, 0.05) is 5.92 Å². The van der Waals surface area contributed by atoms with Gasteiger partial charge in [-0.2, -0.15) is 5.26 Å². The van der Waals surface area contributed by atoms with E-state index in [0.717, 1.165) is 25.7 Å². The molecule has 102 valence electrons. The number of halogens is 1. The number of benzene rings is 1. The standard InChI is InChI=1S/C16H20FNO/c1-3-5-7-12(4-2)16(19)15(11-18)13-8-6-9-14(17)10-13/h6,8-10,12,15H,3-5,7H2,1-2H3. The number of hydrogen-bond acceptors (Lipinski definition) is 2. The van der Waals surface area contributed by atoms with Crippen molar-refractivity contribution in [2.75, 3.05) is 0 Å². The van der Waals surface area contributed by atoms with E-state index in [-0.39, 0.29) is 11.7 Å². The van der Waals surface area contributed by atoms with Gasteiger partial charge in [0.2, 0.25) is 0 Å². The second-order valence-electron chi connectivity index (χ2n) is 4.77. The number of ketones is 1. The number of nitriles is 1. The number of carbonyl (C=O) groups excluding carboxylic acids is 1. The molecular weight excluding hydrogens is 241 g/mol. The van der Waals surface area contributed by atoms with Gasteiger partial charge < -0.3 is 0 Å². The van der Waals surface area contributed by atoms with E-state index in [1.165, 1.54) is 18.2 Å². The topological polar surface area (TPSA) is 40.9 Å². The first kappa shape index (κ1) is 15.4. The first-order valence-electron chi connectivity index (χ1n) is 6.82. The van der Waals surface area contributed by atoms with Crippen LogP contribution >= 0.6 is 0 Å². The number of nitrogens with zero attached hydrogens (tertiary/aromatic N) is 1. The lowest BCUT2D eigenvalue weighted by atomic mass is 9.84. The van der Waals surface area contributed by atoms with Gasteiger partial charge >= 0.3 is 0 Å². The van der Waals surface area contributed by atoms with Gasteiger partial charge in [-0.3, -0.25) is 4.79 Å². The summed E-state index contributed by atoms with van der Waals surface area (Å²) in [5.74, 6) is -1.44. The van der Waals surface area contributed by atoms with Gasteiger partial charge in [0.15, 0.2) is 5.78 Å². The van der Waals surface area contributed by atoms with Gasteiger partial charge in [-0.15, -0.1) is 0 Å². The number of rotatable bonds is 7. The summed E-state index contributed by atoms with van der Waals surface area (Å²) in [6.45, 7) is 4.03. The Morgan fingerprint density at radius 1 is 1.42 bits per heavy atom. The Bertz CT molecular complexity index is 464. The van der Waals surface area contributed by atoms with Gasteiger partial charge in [-0.1, -0.05) is 38.8 Å². The molecule has 0 radical (unpaired) electrons. The average Bonchev–Trinajstić information content (AvgIpc) is 2.40. The van der Waals surface area contributed by atoms with Crippen molar-refractivity contribution in [1.29, 1.82) is 5.26 Å². The monoisotopic (exact) mass is 261 g/mol. The van der Waals surface area contributed by atoms with Crippen LogP contribution < -0.4 is 0 Å². The van der Waals surface area contributed by atoms with Gasteiger partial charge in [0.25, 0.3) is 0 Å². The lowest BCUT2D eigenvalue weighted by molar-refractivity contribution is -0.123. The lowest BCUT2D eigenvalue weighted by Gasteiger charge is -2.17. The highest BCUT2D eigenvalue weighted by atomic mass is 19.1. The van der Waals surface area contributed by atoms with E-state index in [0.29, 0.717) is 5.56 Å². The molecule has 3 heteroatoms. The van der Waals surface area contributed by atoms with Crippen LogP contribution in [0.2, 0.25) is 0 Å². The SMILES string of the molecule is CCCCC(CC)C(=O)C(C#N)c1cccc(F)c1. The number of carbonyl (C=O) groups is 1. The van der Waals surface area contributed by atoms with E-state index < -0.39 is 11.7 Å². The van der Waals surface area contributed by atoms with Crippen molar-refractivity contribution in [2.24, 2.45) is 5.92 Å². The van der Waals surface area contributed by atoms with Gasteiger partial charge in [0.05, 0.1) is 6.07 Å². The molecule has 2 atom stereocenters. The van der Waals surface area contributed by atoms with Crippen molar-refractivity contribution in [3.8, 4) is 6.07 Å². The Hall–Kier alpha value is -1.69. The van der Waals surface area contributed by atoms with Gasteiger partial charge in [-0.05, 0) is 30.5 Å². The van der Waals surface area contributed by atoms with Crippen molar-refractivity contribution in [3.05, 3.63) is 35.6 Å². The first-order chi connectivity index (χ1) is 9.13. The van der Waals surface area contributed by atoms with Crippen LogP contribution in [0.4, 0.5) is 4.39 Å². The predicted octanol–water partition coefficient (Wildman–Crippen LogP) is 4.22. The van der Waals surface area contributed by atoms with Crippen LogP contribution in [-0.4, -0.2) is 5.78 Å². The maximum Gasteiger partial charge on any atom is 0.157 e. The molecule has 0 aliphatic rings. The molecule has 0 spiro atoms. The normalized spacial score (nSPS) is 13.6. The van der Waals surface area contributed by atoms with Gasteiger partial charge in [-0.25, -0.2) is 4.39 Å². The fraction of sp³-hybridized carbons (Fsp3) is 0.500. The molecule has 19 heavy (non-hydrogen) atoms. The van der Waals surface area contributed by atoms with E-state index in [1.807, 2.05) is 13.0 Å². The molecule has 0 aliphatic heterocycles. The molecule has 0 aromatic heterocycles. The Kier molecular flexibility index (Phi) is 6.21. The second kappa shape index (κ2) is 7.68. The van der Waals surface area contributed by atoms with E-state index >= 15 is 0 Å². The van der Waals surface area contributed by atoms with Gasteiger partial charge in [0.1, 0.15) is 11.7 Å². The summed E-state index contributed by atoms with van der Waals surface area (Å²) in [6, 6.07) is 7.79. The highest BCUT2D eigenvalue weighted by Crippen LogP contribution is 2.25. The minimum Gasteiger partial charge on any atom is -0.298 e. The Morgan fingerprint density at radius 2 is 2.16 bits per heavy atom. The fourth-order valence-electron chi connectivity index (χ4n) is 2.22. The summed E-state index contributed by atoms with van der Waals surface area (Å²) < 4.78 is 13.2. The van der Waals surface area contributed by atoms with Crippen LogP contribution in [0.3, 0.4) is 0 Å². The molecule has 0 saturated heterocycles. The molecule has 0 fully saturated rings. The minimum absolute atomic E-state index is 0.0796. The third-order valence-corrected chi connectivity index (χ3v) is 3.40. The predicted molar refractivity (Wildman–Crippen MR) is 73.1 cm³/mol. The summed E-state index contributed by atoms with van der Waals surface area (Å²) in [5, 5.41) is 9.22. The molecule has 0 saturated carbocycles. The highest BCUT2D eigenvalue weighted by Gasteiger charge is 2.26. The molecule has 0 heterocycles. The zero-order chi connectivity index (χ0) is 14.3. The molecule has 2 unspecified atom stereocenters. The molecule has 0 amide bonds. The van der Waals surface area contributed by atoms with Crippen molar-refractivity contribution in [2.45, 2.75) is 45.4 Å². The van der Waals surface area contributed by atoms with E-state index in [4.69, 9.17) is 0 Å². The van der Waals surface area contributed by atoms with Crippen LogP contribution in [0, 0.1) is 23.1 Å². The molecule has 1 aromatic rings. The lowest BCUT2D eigenvalue weighted by Crippen LogP contribution is -2.21. The number of unbranched alkanes of at least 4 members (excludes halogenated alkanes) is 1. The summed E-state index contributed by atoms with van der Waals surface area (Å²) >= 11 is 0. The van der Waals surface area contributed by atoms with Crippen LogP contribution in [0.25, 0.3) is 0 Å². The largest absolute Gasteiger partial charge is 0.298 e. The third-order valence-electron chi connectivity index (χ3n) is 3.40. The summed E-state index contributed by atoms with van der Waals surface area (Å²) in [4.78, 5) is 12.4. The summed E-state index contributed by atoms with van der Waals surface area (Å²) in [7, 11) is 0. The summed E-state index contributed by atoms with van der Waals surface area (Å²) in [6.07, 6.45) is 3.54. The van der Waals surface area contributed by atoms with Crippen molar-refractivity contribution < 1.29 is 9.18 Å². The quantitative estimate of drug-likeness (QED) is 0.737. The van der Waals surface area contributed by atoms with E-state index in [9.17, 15) is 14.4 Å². The van der Waals surface area contributed by atoms with Crippen LogP contribution in [0.1, 0.15) is 51.0 Å². The maximum atomic E-state index is 13.2. The van der Waals surface area contributed by atoms with Crippen molar-refractivity contribution >= 4 is 5.78 Å². The smallest absolute Gasteiger partial charge is 0.157 e. The molecular formula is C16H20FNO. The van der Waals surface area contributed by atoms with Crippen LogP contribution in [-0.2, 0) is 4.79 Å². The fourth-order valence-corrected chi connectivity index (χ4v) is 2.22. The van der Waals surface area contributed by atoms with Crippen molar-refractivity contribution in [1.82, 2.24) is 0 Å². The Labute approximate surface area is 114 Å². The maximum absolute atomic E-state index is 13.2. The zero-order valence-corrected chi connectivity index (χ0v) is 11.5. The van der Waals surface area contributed by atoms with E-state index in [2.05, 4.69) is 6.92 Å². The molecule has 0 bridgehead atoms. The number of hydrogen-bond donors (Lipinski definition) is 0. The molecule has 0 aliphatic carbocycles.